The maximum Gasteiger partial charge on any atom is 0.223 e. The molecule has 4 nitrogen and oxygen atoms in total. The minimum Gasteiger partial charge on any atom is -0.384 e. The minimum absolute atomic E-state index is 0.167. The van der Waals surface area contributed by atoms with Crippen molar-refractivity contribution in [3.63, 3.8) is 0 Å². The smallest absolute Gasteiger partial charge is 0.223 e. The van der Waals surface area contributed by atoms with Gasteiger partial charge in [0.25, 0.3) is 0 Å². The van der Waals surface area contributed by atoms with Gasteiger partial charge in [0.15, 0.2) is 0 Å². The van der Waals surface area contributed by atoms with E-state index >= 15 is 0 Å². The van der Waals surface area contributed by atoms with E-state index in [2.05, 4.69) is 13.8 Å². The standard InChI is InChI=1S/C12H24N2O2/c1-9(2)12(13)7-14(8-12)11(15)5-10(3)6-16-4/h9-10H,5-8,13H2,1-4H3. The lowest BCUT2D eigenvalue weighted by Gasteiger charge is -2.50. The zero-order valence-corrected chi connectivity index (χ0v) is 10.8. The van der Waals surface area contributed by atoms with Crippen LogP contribution in [0.1, 0.15) is 27.2 Å². The molecule has 0 aromatic carbocycles. The van der Waals surface area contributed by atoms with Crippen LogP contribution >= 0.6 is 0 Å². The van der Waals surface area contributed by atoms with Crippen LogP contribution in [0, 0.1) is 11.8 Å². The number of likely N-dealkylation sites (tertiary alicyclic amines) is 1. The fourth-order valence-corrected chi connectivity index (χ4v) is 1.98. The summed E-state index contributed by atoms with van der Waals surface area (Å²) < 4.78 is 5.02. The Kier molecular flexibility index (Phi) is 4.33. The second-order valence-electron chi connectivity index (χ2n) is 5.40. The molecule has 0 bridgehead atoms. The number of hydrogen-bond donors (Lipinski definition) is 1. The van der Waals surface area contributed by atoms with Gasteiger partial charge in [-0.2, -0.15) is 0 Å². The lowest BCUT2D eigenvalue weighted by atomic mass is 9.80. The topological polar surface area (TPSA) is 55.6 Å². The van der Waals surface area contributed by atoms with E-state index in [0.717, 1.165) is 0 Å². The molecule has 1 unspecified atom stereocenters. The third-order valence-electron chi connectivity index (χ3n) is 3.45. The summed E-state index contributed by atoms with van der Waals surface area (Å²) in [5, 5.41) is 0. The highest BCUT2D eigenvalue weighted by molar-refractivity contribution is 5.77. The number of amides is 1. The van der Waals surface area contributed by atoms with Crippen LogP contribution in [0.4, 0.5) is 0 Å². The molecule has 4 heteroatoms. The maximum absolute atomic E-state index is 11.8. The average molecular weight is 228 g/mol. The van der Waals surface area contributed by atoms with Gasteiger partial charge in [-0.1, -0.05) is 20.8 Å². The highest BCUT2D eigenvalue weighted by atomic mass is 16.5. The first kappa shape index (κ1) is 13.5. The Morgan fingerprint density at radius 1 is 1.44 bits per heavy atom. The Labute approximate surface area is 98.1 Å². The summed E-state index contributed by atoms with van der Waals surface area (Å²) in [6, 6.07) is 0. The fraction of sp³-hybridized carbons (Fsp3) is 0.917. The van der Waals surface area contributed by atoms with Gasteiger partial charge in [-0.25, -0.2) is 0 Å². The van der Waals surface area contributed by atoms with Gasteiger partial charge >= 0.3 is 0 Å². The third kappa shape index (κ3) is 2.95. The molecular weight excluding hydrogens is 204 g/mol. The van der Waals surface area contributed by atoms with E-state index in [0.29, 0.717) is 32.0 Å². The number of nitrogens with zero attached hydrogens (tertiary/aromatic N) is 1. The molecule has 16 heavy (non-hydrogen) atoms. The fourth-order valence-electron chi connectivity index (χ4n) is 1.98. The highest BCUT2D eigenvalue weighted by Crippen LogP contribution is 2.27. The molecule has 1 aliphatic heterocycles. The summed E-state index contributed by atoms with van der Waals surface area (Å²) >= 11 is 0. The van der Waals surface area contributed by atoms with Gasteiger partial charge in [-0.05, 0) is 11.8 Å². The molecular formula is C12H24N2O2. The second kappa shape index (κ2) is 5.15. The van der Waals surface area contributed by atoms with Gasteiger partial charge in [0, 0.05) is 33.2 Å². The van der Waals surface area contributed by atoms with Crippen molar-refractivity contribution < 1.29 is 9.53 Å². The monoisotopic (exact) mass is 228 g/mol. The van der Waals surface area contributed by atoms with Crippen LogP contribution in [0.3, 0.4) is 0 Å². The predicted molar refractivity (Wildman–Crippen MR) is 64.0 cm³/mol. The van der Waals surface area contributed by atoms with Gasteiger partial charge in [0.2, 0.25) is 5.91 Å². The van der Waals surface area contributed by atoms with Crippen molar-refractivity contribution in [1.82, 2.24) is 4.90 Å². The molecule has 0 radical (unpaired) electrons. The molecule has 94 valence electrons. The quantitative estimate of drug-likeness (QED) is 0.759. The molecule has 0 aromatic rings. The Balaban J connectivity index is 2.32. The Morgan fingerprint density at radius 3 is 2.44 bits per heavy atom. The number of rotatable bonds is 5. The molecule has 0 aromatic heterocycles. The predicted octanol–water partition coefficient (Wildman–Crippen LogP) is 0.855. The molecule has 1 amide bonds. The lowest BCUT2D eigenvalue weighted by Crippen LogP contribution is -2.71. The maximum atomic E-state index is 11.8. The van der Waals surface area contributed by atoms with Crippen molar-refractivity contribution in [3.05, 3.63) is 0 Å². The molecule has 1 rings (SSSR count). The summed E-state index contributed by atoms with van der Waals surface area (Å²) in [7, 11) is 1.66. The highest BCUT2D eigenvalue weighted by Gasteiger charge is 2.43. The van der Waals surface area contributed by atoms with Crippen LogP contribution in [-0.4, -0.2) is 43.2 Å². The van der Waals surface area contributed by atoms with E-state index < -0.39 is 0 Å². The second-order valence-corrected chi connectivity index (χ2v) is 5.40. The Bertz CT molecular complexity index is 247. The van der Waals surface area contributed by atoms with Crippen LogP contribution in [0.2, 0.25) is 0 Å². The number of methoxy groups -OCH3 is 1. The molecule has 1 saturated heterocycles. The lowest BCUT2D eigenvalue weighted by molar-refractivity contribution is -0.141. The largest absolute Gasteiger partial charge is 0.384 e. The van der Waals surface area contributed by atoms with E-state index in [4.69, 9.17) is 10.5 Å². The number of nitrogens with two attached hydrogens (primary N) is 1. The van der Waals surface area contributed by atoms with Crippen LogP contribution in [-0.2, 0) is 9.53 Å². The summed E-state index contributed by atoms with van der Waals surface area (Å²) in [6.07, 6.45) is 0.558. The van der Waals surface area contributed by atoms with E-state index in [1.165, 1.54) is 0 Å². The first-order chi connectivity index (χ1) is 7.39. The van der Waals surface area contributed by atoms with E-state index in [9.17, 15) is 4.79 Å². The molecule has 0 aliphatic carbocycles. The van der Waals surface area contributed by atoms with Gasteiger partial charge in [0.1, 0.15) is 0 Å². The molecule has 0 spiro atoms. The Morgan fingerprint density at radius 2 is 2.00 bits per heavy atom. The zero-order chi connectivity index (χ0) is 12.3. The molecule has 1 atom stereocenters. The van der Waals surface area contributed by atoms with Gasteiger partial charge < -0.3 is 15.4 Å². The van der Waals surface area contributed by atoms with Crippen LogP contribution in [0.25, 0.3) is 0 Å². The van der Waals surface area contributed by atoms with Gasteiger partial charge in [-0.15, -0.1) is 0 Å². The van der Waals surface area contributed by atoms with Gasteiger partial charge in [0.05, 0.1) is 5.54 Å². The molecule has 2 N–H and O–H groups in total. The van der Waals surface area contributed by atoms with Crippen LogP contribution in [0.15, 0.2) is 0 Å². The minimum atomic E-state index is -0.167. The van der Waals surface area contributed by atoms with Crippen molar-refractivity contribution in [2.45, 2.75) is 32.7 Å². The van der Waals surface area contributed by atoms with E-state index in [-0.39, 0.29) is 17.4 Å². The first-order valence-corrected chi connectivity index (χ1v) is 5.94. The van der Waals surface area contributed by atoms with Crippen molar-refractivity contribution in [3.8, 4) is 0 Å². The number of hydrogen-bond acceptors (Lipinski definition) is 3. The summed E-state index contributed by atoms with van der Waals surface area (Å²) in [4.78, 5) is 13.7. The van der Waals surface area contributed by atoms with E-state index in [1.54, 1.807) is 7.11 Å². The number of ether oxygens (including phenoxy) is 1. The zero-order valence-electron chi connectivity index (χ0n) is 10.8. The van der Waals surface area contributed by atoms with Crippen molar-refractivity contribution in [1.29, 1.82) is 0 Å². The molecule has 0 saturated carbocycles. The van der Waals surface area contributed by atoms with Crippen molar-refractivity contribution in [2.24, 2.45) is 17.6 Å². The molecule has 1 fully saturated rings. The molecule has 1 heterocycles. The van der Waals surface area contributed by atoms with Crippen LogP contribution in [0.5, 0.6) is 0 Å². The summed E-state index contributed by atoms with van der Waals surface area (Å²) in [6.45, 7) is 8.27. The average Bonchev–Trinajstić information content (AvgIpc) is 2.12. The number of carbonyl (C=O) groups is 1. The van der Waals surface area contributed by atoms with Crippen molar-refractivity contribution in [2.75, 3.05) is 26.8 Å². The van der Waals surface area contributed by atoms with Gasteiger partial charge in [-0.3, -0.25) is 4.79 Å². The number of carbonyl (C=O) groups excluding carboxylic acids is 1. The Hall–Kier alpha value is -0.610. The molecule has 1 aliphatic rings. The summed E-state index contributed by atoms with van der Waals surface area (Å²) in [5.41, 5.74) is 5.98. The summed E-state index contributed by atoms with van der Waals surface area (Å²) in [5.74, 6) is 0.906. The SMILES string of the molecule is COCC(C)CC(=O)N1CC(N)(C(C)C)C1. The van der Waals surface area contributed by atoms with E-state index in [1.807, 2.05) is 11.8 Å². The third-order valence-corrected chi connectivity index (χ3v) is 3.45. The van der Waals surface area contributed by atoms with Crippen LogP contribution < -0.4 is 5.73 Å². The normalized spacial score (nSPS) is 20.8. The van der Waals surface area contributed by atoms with Crippen molar-refractivity contribution >= 4 is 5.91 Å². The first-order valence-electron chi connectivity index (χ1n) is 5.94.